The van der Waals surface area contributed by atoms with Crippen molar-refractivity contribution in [3.63, 3.8) is 0 Å². The summed E-state index contributed by atoms with van der Waals surface area (Å²) in [5.74, 6) is 0. The molecule has 100 valence electrons. The van der Waals surface area contributed by atoms with Crippen LogP contribution < -0.4 is 0 Å². The molecule has 0 amide bonds. The molecule has 1 atom stereocenters. The molecule has 0 spiro atoms. The molecule has 2 rings (SSSR count). The maximum Gasteiger partial charge on any atom is 0.0845 e. The summed E-state index contributed by atoms with van der Waals surface area (Å²) in [6, 6.07) is 10.7. The van der Waals surface area contributed by atoms with Gasteiger partial charge in [0, 0.05) is 15.9 Å². The Morgan fingerprint density at radius 1 is 1.05 bits per heavy atom. The third kappa shape index (κ3) is 3.65. The van der Waals surface area contributed by atoms with Gasteiger partial charge in [0.1, 0.15) is 0 Å². The highest BCUT2D eigenvalue weighted by Gasteiger charge is 2.15. The third-order valence-corrected chi connectivity index (χ3v) is 4.44. The molecule has 0 aliphatic rings. The molecule has 5 heteroatoms. The van der Waals surface area contributed by atoms with Gasteiger partial charge in [-0.15, -0.1) is 0 Å². The molecule has 0 fully saturated rings. The Morgan fingerprint density at radius 2 is 1.79 bits per heavy atom. The average Bonchev–Trinajstić information content (AvgIpc) is 2.34. The minimum absolute atomic E-state index is 0.362. The zero-order chi connectivity index (χ0) is 14.0. The van der Waals surface area contributed by atoms with E-state index < -0.39 is 6.10 Å². The van der Waals surface area contributed by atoms with Crippen molar-refractivity contribution in [2.24, 2.45) is 0 Å². The SMILES string of the molecule is OC(Cc1cccc(Cl)c1Cl)c1ccc(Br)cc1Cl. The van der Waals surface area contributed by atoms with Gasteiger partial charge in [-0.05, 0) is 29.3 Å². The summed E-state index contributed by atoms with van der Waals surface area (Å²) in [6.07, 6.45) is -0.364. The van der Waals surface area contributed by atoms with Gasteiger partial charge in [-0.2, -0.15) is 0 Å². The highest BCUT2D eigenvalue weighted by Crippen LogP contribution is 2.32. The normalized spacial score (nSPS) is 12.5. The molecule has 1 unspecified atom stereocenters. The maximum absolute atomic E-state index is 10.3. The first-order valence-corrected chi connectivity index (χ1v) is 7.47. The summed E-state index contributed by atoms with van der Waals surface area (Å²) in [5, 5.41) is 11.7. The topological polar surface area (TPSA) is 20.2 Å². The van der Waals surface area contributed by atoms with Crippen molar-refractivity contribution in [3.8, 4) is 0 Å². The molecule has 0 aliphatic carbocycles. The van der Waals surface area contributed by atoms with Gasteiger partial charge < -0.3 is 5.11 Å². The number of benzene rings is 2. The summed E-state index contributed by atoms with van der Waals surface area (Å²) in [4.78, 5) is 0. The Kier molecular flexibility index (Phi) is 5.15. The Bertz CT molecular complexity index is 601. The van der Waals surface area contributed by atoms with Crippen LogP contribution in [0.3, 0.4) is 0 Å². The average molecular weight is 380 g/mol. The second kappa shape index (κ2) is 6.47. The highest BCUT2D eigenvalue weighted by atomic mass is 79.9. The van der Waals surface area contributed by atoms with E-state index in [0.29, 0.717) is 27.1 Å². The third-order valence-electron chi connectivity index (χ3n) is 2.77. The summed E-state index contributed by atoms with van der Waals surface area (Å²) >= 11 is 21.5. The molecule has 1 nitrogen and oxygen atoms in total. The summed E-state index contributed by atoms with van der Waals surface area (Å²) < 4.78 is 0.870. The van der Waals surface area contributed by atoms with Crippen molar-refractivity contribution in [3.05, 3.63) is 67.1 Å². The Morgan fingerprint density at radius 3 is 2.47 bits per heavy atom. The molecular formula is C14H10BrCl3O. The number of aliphatic hydroxyl groups excluding tert-OH is 1. The predicted molar refractivity (Wildman–Crippen MR) is 84.3 cm³/mol. The van der Waals surface area contributed by atoms with Crippen molar-refractivity contribution < 1.29 is 5.11 Å². The van der Waals surface area contributed by atoms with Crippen LogP contribution >= 0.6 is 50.7 Å². The van der Waals surface area contributed by atoms with E-state index in [-0.39, 0.29) is 0 Å². The molecule has 1 N–H and O–H groups in total. The van der Waals surface area contributed by atoms with Crippen molar-refractivity contribution >= 4 is 50.7 Å². The monoisotopic (exact) mass is 378 g/mol. The van der Waals surface area contributed by atoms with Crippen LogP contribution in [0.5, 0.6) is 0 Å². The number of hydrogen-bond acceptors (Lipinski definition) is 1. The molecular weight excluding hydrogens is 370 g/mol. The van der Waals surface area contributed by atoms with E-state index in [2.05, 4.69) is 15.9 Å². The lowest BCUT2D eigenvalue weighted by Crippen LogP contribution is -2.03. The molecule has 0 heterocycles. The molecule has 0 aromatic heterocycles. The minimum Gasteiger partial charge on any atom is -0.388 e. The van der Waals surface area contributed by atoms with Crippen molar-refractivity contribution in [1.82, 2.24) is 0 Å². The summed E-state index contributed by atoms with van der Waals surface area (Å²) in [7, 11) is 0. The standard InChI is InChI=1S/C14H10BrCl3O/c15-9-4-5-10(12(17)7-9)13(19)6-8-2-1-3-11(16)14(8)18/h1-5,7,13,19H,6H2. The van der Waals surface area contributed by atoms with E-state index in [0.717, 1.165) is 10.0 Å². The number of rotatable bonds is 3. The van der Waals surface area contributed by atoms with Crippen LogP contribution in [-0.4, -0.2) is 5.11 Å². The van der Waals surface area contributed by atoms with Gasteiger partial charge in [0.15, 0.2) is 0 Å². The quantitative estimate of drug-likeness (QED) is 0.726. The van der Waals surface area contributed by atoms with Gasteiger partial charge in [-0.3, -0.25) is 0 Å². The second-order valence-corrected chi connectivity index (χ2v) is 6.21. The molecule has 0 saturated heterocycles. The van der Waals surface area contributed by atoms with E-state index in [1.54, 1.807) is 24.3 Å². The fraction of sp³-hybridized carbons (Fsp3) is 0.143. The van der Waals surface area contributed by atoms with Crippen LogP contribution in [0.2, 0.25) is 15.1 Å². The van der Waals surface area contributed by atoms with Crippen molar-refractivity contribution in [2.75, 3.05) is 0 Å². The lowest BCUT2D eigenvalue weighted by Gasteiger charge is -2.14. The molecule has 0 saturated carbocycles. The number of aliphatic hydroxyl groups is 1. The maximum atomic E-state index is 10.3. The van der Waals surface area contributed by atoms with Gasteiger partial charge in [0.2, 0.25) is 0 Å². The molecule has 0 radical (unpaired) electrons. The van der Waals surface area contributed by atoms with Crippen LogP contribution in [0, 0.1) is 0 Å². The summed E-state index contributed by atoms with van der Waals surface area (Å²) in [6.45, 7) is 0. The predicted octanol–water partition coefficient (Wildman–Crippen LogP) is 5.69. The van der Waals surface area contributed by atoms with Crippen LogP contribution in [0.4, 0.5) is 0 Å². The van der Waals surface area contributed by atoms with Crippen LogP contribution in [0.15, 0.2) is 40.9 Å². The molecule has 0 aliphatic heterocycles. The number of halogens is 4. The Labute approximate surface area is 135 Å². The van der Waals surface area contributed by atoms with Gasteiger partial charge in [-0.25, -0.2) is 0 Å². The first-order valence-electron chi connectivity index (χ1n) is 5.55. The largest absolute Gasteiger partial charge is 0.388 e. The van der Waals surface area contributed by atoms with Crippen LogP contribution in [-0.2, 0) is 6.42 Å². The lowest BCUT2D eigenvalue weighted by atomic mass is 10.0. The zero-order valence-electron chi connectivity index (χ0n) is 9.71. The Hall–Kier alpha value is -0.250. The smallest absolute Gasteiger partial charge is 0.0845 e. The van der Waals surface area contributed by atoms with E-state index in [1.807, 2.05) is 12.1 Å². The van der Waals surface area contributed by atoms with Gasteiger partial charge in [0.25, 0.3) is 0 Å². The fourth-order valence-electron chi connectivity index (χ4n) is 1.80. The van der Waals surface area contributed by atoms with Crippen molar-refractivity contribution in [2.45, 2.75) is 12.5 Å². The van der Waals surface area contributed by atoms with E-state index >= 15 is 0 Å². The number of hydrogen-bond donors (Lipinski definition) is 1. The minimum atomic E-state index is -0.725. The molecule has 19 heavy (non-hydrogen) atoms. The van der Waals surface area contributed by atoms with E-state index in [1.165, 1.54) is 0 Å². The second-order valence-electron chi connectivity index (χ2n) is 4.10. The highest BCUT2D eigenvalue weighted by molar-refractivity contribution is 9.10. The van der Waals surface area contributed by atoms with E-state index in [4.69, 9.17) is 34.8 Å². The molecule has 2 aromatic carbocycles. The van der Waals surface area contributed by atoms with Crippen LogP contribution in [0.25, 0.3) is 0 Å². The van der Waals surface area contributed by atoms with Gasteiger partial charge in [0.05, 0.1) is 16.1 Å². The fourth-order valence-corrected chi connectivity index (χ4v) is 2.99. The van der Waals surface area contributed by atoms with Gasteiger partial charge in [-0.1, -0.05) is 68.9 Å². The van der Waals surface area contributed by atoms with Gasteiger partial charge >= 0.3 is 0 Å². The van der Waals surface area contributed by atoms with Crippen LogP contribution in [0.1, 0.15) is 17.2 Å². The van der Waals surface area contributed by atoms with Crippen molar-refractivity contribution in [1.29, 1.82) is 0 Å². The van der Waals surface area contributed by atoms with E-state index in [9.17, 15) is 5.11 Å². The molecule has 2 aromatic rings. The lowest BCUT2D eigenvalue weighted by molar-refractivity contribution is 0.178. The first-order chi connectivity index (χ1) is 8.99. The molecule has 0 bridgehead atoms. The first kappa shape index (κ1) is 15.1. The zero-order valence-corrected chi connectivity index (χ0v) is 13.6. The summed E-state index contributed by atoms with van der Waals surface area (Å²) in [5.41, 5.74) is 1.46. The Balaban J connectivity index is 2.25.